The van der Waals surface area contributed by atoms with E-state index in [0.717, 1.165) is 11.4 Å². The monoisotopic (exact) mass is 329 g/mol. The SMILES string of the molecule is N#Cc1cccc(Nc2ccnc(C(=O)NCc3ccccn3)c2)c1. The average Bonchev–Trinajstić information content (AvgIpc) is 2.67. The number of amides is 1. The molecule has 0 fully saturated rings. The molecule has 0 saturated heterocycles. The van der Waals surface area contributed by atoms with E-state index in [1.54, 1.807) is 42.7 Å². The largest absolute Gasteiger partial charge is 0.355 e. The minimum absolute atomic E-state index is 0.278. The third-order valence-electron chi connectivity index (χ3n) is 3.43. The van der Waals surface area contributed by atoms with Gasteiger partial charge in [-0.2, -0.15) is 5.26 Å². The Morgan fingerprint density at radius 1 is 1.00 bits per heavy atom. The van der Waals surface area contributed by atoms with Gasteiger partial charge in [-0.25, -0.2) is 0 Å². The van der Waals surface area contributed by atoms with Crippen molar-refractivity contribution in [1.82, 2.24) is 15.3 Å². The number of nitriles is 1. The fourth-order valence-corrected chi connectivity index (χ4v) is 2.23. The van der Waals surface area contributed by atoms with E-state index in [-0.39, 0.29) is 5.91 Å². The highest BCUT2D eigenvalue weighted by Gasteiger charge is 2.08. The van der Waals surface area contributed by atoms with Crippen LogP contribution in [-0.2, 0) is 6.54 Å². The lowest BCUT2D eigenvalue weighted by Gasteiger charge is -2.08. The van der Waals surface area contributed by atoms with Gasteiger partial charge in [-0.15, -0.1) is 0 Å². The second kappa shape index (κ2) is 7.70. The zero-order valence-corrected chi connectivity index (χ0v) is 13.3. The zero-order valence-electron chi connectivity index (χ0n) is 13.3. The molecule has 6 heteroatoms. The first-order valence-corrected chi connectivity index (χ1v) is 7.66. The normalized spacial score (nSPS) is 9.88. The summed E-state index contributed by atoms with van der Waals surface area (Å²) in [5.74, 6) is -0.278. The summed E-state index contributed by atoms with van der Waals surface area (Å²) in [6.07, 6.45) is 3.24. The van der Waals surface area contributed by atoms with E-state index >= 15 is 0 Å². The lowest BCUT2D eigenvalue weighted by atomic mass is 10.2. The third kappa shape index (κ3) is 4.39. The molecule has 3 rings (SSSR count). The summed E-state index contributed by atoms with van der Waals surface area (Å²) < 4.78 is 0. The van der Waals surface area contributed by atoms with E-state index in [0.29, 0.717) is 23.5 Å². The maximum atomic E-state index is 12.3. The Labute approximate surface area is 145 Å². The molecule has 0 aliphatic rings. The number of benzene rings is 1. The van der Waals surface area contributed by atoms with Gasteiger partial charge >= 0.3 is 0 Å². The molecule has 0 spiro atoms. The van der Waals surface area contributed by atoms with Crippen molar-refractivity contribution in [1.29, 1.82) is 5.26 Å². The van der Waals surface area contributed by atoms with E-state index in [2.05, 4.69) is 26.7 Å². The van der Waals surface area contributed by atoms with Crippen molar-refractivity contribution >= 4 is 17.3 Å². The Bertz CT molecular complexity index is 918. The Morgan fingerprint density at radius 2 is 1.88 bits per heavy atom. The topological polar surface area (TPSA) is 90.7 Å². The number of pyridine rings is 2. The molecule has 3 aromatic rings. The van der Waals surface area contributed by atoms with Crippen LogP contribution in [0.25, 0.3) is 0 Å². The minimum atomic E-state index is -0.278. The molecule has 0 unspecified atom stereocenters. The molecule has 2 heterocycles. The Morgan fingerprint density at radius 3 is 2.68 bits per heavy atom. The van der Waals surface area contributed by atoms with Crippen LogP contribution in [0.2, 0.25) is 0 Å². The molecule has 1 aromatic carbocycles. The Kier molecular flexibility index (Phi) is 4.98. The molecular weight excluding hydrogens is 314 g/mol. The van der Waals surface area contributed by atoms with Crippen LogP contribution in [0.4, 0.5) is 11.4 Å². The number of nitrogens with zero attached hydrogens (tertiary/aromatic N) is 3. The highest BCUT2D eigenvalue weighted by molar-refractivity contribution is 5.93. The maximum absolute atomic E-state index is 12.3. The van der Waals surface area contributed by atoms with Crippen molar-refractivity contribution < 1.29 is 4.79 Å². The molecule has 0 bridgehead atoms. The van der Waals surface area contributed by atoms with Crippen LogP contribution in [0.1, 0.15) is 21.7 Å². The predicted octanol–water partition coefficient (Wildman–Crippen LogP) is 3.02. The summed E-state index contributed by atoms with van der Waals surface area (Å²) in [7, 11) is 0. The second-order valence-corrected chi connectivity index (χ2v) is 5.25. The summed E-state index contributed by atoms with van der Waals surface area (Å²) >= 11 is 0. The molecule has 0 atom stereocenters. The van der Waals surface area contributed by atoms with Crippen LogP contribution in [0, 0.1) is 11.3 Å². The number of hydrogen-bond acceptors (Lipinski definition) is 5. The molecule has 0 radical (unpaired) electrons. The van der Waals surface area contributed by atoms with Crippen LogP contribution in [-0.4, -0.2) is 15.9 Å². The van der Waals surface area contributed by atoms with Crippen molar-refractivity contribution in [2.24, 2.45) is 0 Å². The molecule has 6 nitrogen and oxygen atoms in total. The van der Waals surface area contributed by atoms with Crippen molar-refractivity contribution in [3.8, 4) is 6.07 Å². The fraction of sp³-hybridized carbons (Fsp3) is 0.0526. The van der Waals surface area contributed by atoms with Crippen LogP contribution in [0.15, 0.2) is 67.0 Å². The molecule has 122 valence electrons. The van der Waals surface area contributed by atoms with Gasteiger partial charge < -0.3 is 10.6 Å². The van der Waals surface area contributed by atoms with Gasteiger partial charge in [0.1, 0.15) is 5.69 Å². The van der Waals surface area contributed by atoms with Gasteiger partial charge in [-0.1, -0.05) is 12.1 Å². The van der Waals surface area contributed by atoms with Gasteiger partial charge in [-0.05, 0) is 42.5 Å². The molecular formula is C19H15N5O. The smallest absolute Gasteiger partial charge is 0.270 e. The predicted molar refractivity (Wildman–Crippen MR) is 94.1 cm³/mol. The van der Waals surface area contributed by atoms with E-state index in [1.807, 2.05) is 24.3 Å². The quantitative estimate of drug-likeness (QED) is 0.751. The van der Waals surface area contributed by atoms with Gasteiger partial charge in [-0.3, -0.25) is 14.8 Å². The lowest BCUT2D eigenvalue weighted by molar-refractivity contribution is 0.0945. The molecule has 0 aliphatic carbocycles. The van der Waals surface area contributed by atoms with Crippen LogP contribution < -0.4 is 10.6 Å². The highest BCUT2D eigenvalue weighted by Crippen LogP contribution is 2.17. The Hall–Kier alpha value is -3.72. The van der Waals surface area contributed by atoms with Crippen molar-refractivity contribution in [2.75, 3.05) is 5.32 Å². The number of aromatic nitrogens is 2. The van der Waals surface area contributed by atoms with E-state index in [9.17, 15) is 4.79 Å². The number of hydrogen-bond donors (Lipinski definition) is 2. The number of rotatable bonds is 5. The summed E-state index contributed by atoms with van der Waals surface area (Å²) in [5.41, 5.74) is 3.13. The second-order valence-electron chi connectivity index (χ2n) is 5.25. The van der Waals surface area contributed by atoms with Gasteiger partial charge in [0.15, 0.2) is 0 Å². The first-order valence-electron chi connectivity index (χ1n) is 7.66. The van der Waals surface area contributed by atoms with Gasteiger partial charge in [0.05, 0.1) is 23.9 Å². The number of carbonyl (C=O) groups excluding carboxylic acids is 1. The number of anilines is 2. The number of carbonyl (C=O) groups is 1. The summed E-state index contributed by atoms with van der Waals surface area (Å²) in [4.78, 5) is 20.5. The van der Waals surface area contributed by atoms with Crippen LogP contribution >= 0.6 is 0 Å². The van der Waals surface area contributed by atoms with E-state index in [4.69, 9.17) is 5.26 Å². The lowest BCUT2D eigenvalue weighted by Crippen LogP contribution is -2.24. The van der Waals surface area contributed by atoms with E-state index < -0.39 is 0 Å². The first kappa shape index (κ1) is 16.1. The van der Waals surface area contributed by atoms with Crippen molar-refractivity contribution in [3.05, 3.63) is 83.9 Å². The molecule has 0 aliphatic heterocycles. The van der Waals surface area contributed by atoms with Crippen molar-refractivity contribution in [2.45, 2.75) is 6.54 Å². The van der Waals surface area contributed by atoms with E-state index in [1.165, 1.54) is 0 Å². The number of nitrogens with one attached hydrogen (secondary N) is 2. The average molecular weight is 329 g/mol. The Balaban J connectivity index is 1.68. The molecule has 2 aromatic heterocycles. The highest BCUT2D eigenvalue weighted by atomic mass is 16.1. The summed E-state index contributed by atoms with van der Waals surface area (Å²) in [6.45, 7) is 0.337. The van der Waals surface area contributed by atoms with Gasteiger partial charge in [0.25, 0.3) is 5.91 Å². The van der Waals surface area contributed by atoms with Crippen LogP contribution in [0.5, 0.6) is 0 Å². The molecule has 0 saturated carbocycles. The molecule has 25 heavy (non-hydrogen) atoms. The van der Waals surface area contributed by atoms with Gasteiger partial charge in [0, 0.05) is 23.8 Å². The standard InChI is InChI=1S/C19H15N5O/c20-12-14-4-3-6-15(10-14)24-16-7-9-22-18(11-16)19(25)23-13-17-5-1-2-8-21-17/h1-11H,13H2,(H,22,24)(H,23,25). The summed E-state index contributed by atoms with van der Waals surface area (Å²) in [6, 6.07) is 18.2. The minimum Gasteiger partial charge on any atom is -0.355 e. The fourth-order valence-electron chi connectivity index (χ4n) is 2.23. The van der Waals surface area contributed by atoms with Crippen molar-refractivity contribution in [3.63, 3.8) is 0 Å². The molecule has 2 N–H and O–H groups in total. The van der Waals surface area contributed by atoms with Crippen LogP contribution in [0.3, 0.4) is 0 Å². The first-order chi connectivity index (χ1) is 12.2. The zero-order chi connectivity index (χ0) is 17.5. The third-order valence-corrected chi connectivity index (χ3v) is 3.43. The molecule has 1 amide bonds. The summed E-state index contributed by atoms with van der Waals surface area (Å²) in [5, 5.41) is 14.9. The van der Waals surface area contributed by atoms with Gasteiger partial charge in [0.2, 0.25) is 0 Å². The maximum Gasteiger partial charge on any atom is 0.270 e.